The largest absolute Gasteiger partial charge is 0.378 e. The third-order valence-corrected chi connectivity index (χ3v) is 6.08. The molecule has 1 aliphatic heterocycles. The molecular formula is C27H21N7O2. The van der Waals surface area contributed by atoms with E-state index in [-0.39, 0.29) is 18.2 Å². The van der Waals surface area contributed by atoms with E-state index in [2.05, 4.69) is 26.2 Å². The van der Waals surface area contributed by atoms with Crippen LogP contribution in [0.3, 0.4) is 0 Å². The van der Waals surface area contributed by atoms with Crippen molar-refractivity contribution in [1.29, 1.82) is 0 Å². The van der Waals surface area contributed by atoms with E-state index in [1.807, 2.05) is 91.0 Å². The first-order valence-electron chi connectivity index (χ1n) is 11.5. The highest BCUT2D eigenvalue weighted by Gasteiger charge is 2.28. The molecule has 0 saturated heterocycles. The molecule has 36 heavy (non-hydrogen) atoms. The number of benzene rings is 4. The first-order chi connectivity index (χ1) is 17.7. The number of anilines is 4. The summed E-state index contributed by atoms with van der Waals surface area (Å²) in [5.74, 6) is 0.00879. The first kappa shape index (κ1) is 21.5. The van der Waals surface area contributed by atoms with Gasteiger partial charge in [-0.2, -0.15) is 4.68 Å². The van der Waals surface area contributed by atoms with Gasteiger partial charge in [0.2, 0.25) is 11.8 Å². The van der Waals surface area contributed by atoms with Crippen LogP contribution in [0.5, 0.6) is 0 Å². The Morgan fingerprint density at radius 1 is 0.833 bits per heavy atom. The minimum Gasteiger partial charge on any atom is -0.378 e. The summed E-state index contributed by atoms with van der Waals surface area (Å²) in [6.07, 6.45) is -0.243. The Bertz CT molecular complexity index is 1580. The molecular weight excluding hydrogens is 454 g/mol. The van der Waals surface area contributed by atoms with Crippen molar-refractivity contribution in [3.05, 3.63) is 96.8 Å². The lowest BCUT2D eigenvalue weighted by molar-refractivity contribution is -0.124. The molecule has 1 aliphatic rings. The van der Waals surface area contributed by atoms with Gasteiger partial charge in [0.15, 0.2) is 5.82 Å². The fourth-order valence-corrected chi connectivity index (χ4v) is 4.39. The zero-order valence-electron chi connectivity index (χ0n) is 19.1. The van der Waals surface area contributed by atoms with E-state index in [1.165, 1.54) is 0 Å². The standard InChI is InChI=1S/C27H21N7O2/c35-25-16-26(36)33(23-15-10-18-6-4-5-9-22(18)27(23)29-25)20-11-13-21(14-12-20)34-24(30-31-32-34)17-28-19-7-2-1-3-8-19/h1-15,28H,16-17H2,(H,29,35). The van der Waals surface area contributed by atoms with Crippen molar-refractivity contribution in [2.24, 2.45) is 0 Å². The van der Waals surface area contributed by atoms with Gasteiger partial charge in [0, 0.05) is 16.8 Å². The van der Waals surface area contributed by atoms with Crippen LogP contribution < -0.4 is 15.5 Å². The number of amides is 2. The van der Waals surface area contributed by atoms with Gasteiger partial charge < -0.3 is 10.6 Å². The van der Waals surface area contributed by atoms with E-state index >= 15 is 0 Å². The lowest BCUT2D eigenvalue weighted by atomic mass is 10.1. The van der Waals surface area contributed by atoms with Gasteiger partial charge in [-0.25, -0.2) is 0 Å². The highest BCUT2D eigenvalue weighted by atomic mass is 16.2. The maximum atomic E-state index is 13.1. The Kier molecular flexibility index (Phi) is 5.34. The number of hydrogen-bond donors (Lipinski definition) is 2. The van der Waals surface area contributed by atoms with Crippen LogP contribution in [-0.4, -0.2) is 32.0 Å². The molecule has 0 unspecified atom stereocenters. The van der Waals surface area contributed by atoms with Gasteiger partial charge in [0.05, 0.1) is 23.6 Å². The maximum absolute atomic E-state index is 13.1. The van der Waals surface area contributed by atoms with Gasteiger partial charge in [-0.15, -0.1) is 5.10 Å². The Labute approximate surface area is 206 Å². The van der Waals surface area contributed by atoms with E-state index in [4.69, 9.17) is 0 Å². The number of fused-ring (bicyclic) bond motifs is 3. The van der Waals surface area contributed by atoms with Gasteiger partial charge in [0.25, 0.3) is 0 Å². The summed E-state index contributed by atoms with van der Waals surface area (Å²) in [5, 5.41) is 20.2. The molecule has 0 spiro atoms. The molecule has 9 nitrogen and oxygen atoms in total. The van der Waals surface area contributed by atoms with Crippen molar-refractivity contribution < 1.29 is 9.59 Å². The minimum absolute atomic E-state index is 0.243. The lowest BCUT2D eigenvalue weighted by Gasteiger charge is -2.23. The molecule has 2 N–H and O–H groups in total. The van der Waals surface area contributed by atoms with Crippen LogP contribution in [0.2, 0.25) is 0 Å². The normalized spacial score (nSPS) is 13.3. The van der Waals surface area contributed by atoms with E-state index < -0.39 is 0 Å². The molecule has 4 aromatic carbocycles. The number of nitrogens with one attached hydrogen (secondary N) is 2. The fraction of sp³-hybridized carbons (Fsp3) is 0.0741. The second-order valence-electron chi connectivity index (χ2n) is 8.38. The van der Waals surface area contributed by atoms with E-state index in [1.54, 1.807) is 9.58 Å². The van der Waals surface area contributed by atoms with Gasteiger partial charge in [-0.05, 0) is 58.3 Å². The second kappa shape index (κ2) is 8.95. The Hall–Kier alpha value is -5.05. The first-order valence-corrected chi connectivity index (χ1v) is 11.5. The highest BCUT2D eigenvalue weighted by molar-refractivity contribution is 6.21. The highest BCUT2D eigenvalue weighted by Crippen LogP contribution is 2.40. The number of rotatable bonds is 5. The number of para-hydroxylation sites is 1. The number of hydrogen-bond acceptors (Lipinski definition) is 6. The van der Waals surface area contributed by atoms with Crippen molar-refractivity contribution in [1.82, 2.24) is 20.2 Å². The number of nitrogens with zero attached hydrogens (tertiary/aromatic N) is 5. The van der Waals surface area contributed by atoms with Crippen molar-refractivity contribution in [3.8, 4) is 5.69 Å². The van der Waals surface area contributed by atoms with Crippen LogP contribution in [-0.2, 0) is 16.1 Å². The summed E-state index contributed by atoms with van der Waals surface area (Å²) in [7, 11) is 0. The Morgan fingerprint density at radius 3 is 2.42 bits per heavy atom. The molecule has 6 rings (SSSR count). The summed E-state index contributed by atoms with van der Waals surface area (Å²) >= 11 is 0. The average molecular weight is 476 g/mol. The minimum atomic E-state index is -0.332. The lowest BCUT2D eigenvalue weighted by Crippen LogP contribution is -2.26. The van der Waals surface area contributed by atoms with E-state index in [9.17, 15) is 9.59 Å². The molecule has 0 bridgehead atoms. The van der Waals surface area contributed by atoms with Gasteiger partial charge in [-0.3, -0.25) is 14.5 Å². The number of tetrazole rings is 1. The molecule has 2 heterocycles. The van der Waals surface area contributed by atoms with Gasteiger partial charge in [-0.1, -0.05) is 48.5 Å². The van der Waals surface area contributed by atoms with Crippen molar-refractivity contribution in [3.63, 3.8) is 0 Å². The SMILES string of the molecule is O=C1CC(=O)N(c2ccc(-n3nnnc3CNc3ccccc3)cc2)c2ccc3ccccc3c2N1. The van der Waals surface area contributed by atoms with Crippen molar-refractivity contribution in [2.45, 2.75) is 13.0 Å². The molecule has 5 aromatic rings. The van der Waals surface area contributed by atoms with Crippen LogP contribution in [0.4, 0.5) is 22.7 Å². The number of carbonyl (C=O) groups is 2. The summed E-state index contributed by atoms with van der Waals surface area (Å²) < 4.78 is 1.65. The molecule has 9 heteroatoms. The molecule has 0 atom stereocenters. The maximum Gasteiger partial charge on any atom is 0.241 e. The van der Waals surface area contributed by atoms with Crippen LogP contribution >= 0.6 is 0 Å². The predicted octanol–water partition coefficient (Wildman–Crippen LogP) is 4.43. The molecule has 1 aromatic heterocycles. The zero-order valence-corrected chi connectivity index (χ0v) is 19.1. The Morgan fingerprint density at radius 2 is 1.58 bits per heavy atom. The van der Waals surface area contributed by atoms with Crippen molar-refractivity contribution >= 4 is 45.3 Å². The second-order valence-corrected chi connectivity index (χ2v) is 8.38. The predicted molar refractivity (Wildman–Crippen MR) is 137 cm³/mol. The van der Waals surface area contributed by atoms with Crippen LogP contribution in [0.25, 0.3) is 16.5 Å². The van der Waals surface area contributed by atoms with Gasteiger partial charge in [0.1, 0.15) is 6.42 Å². The number of aromatic nitrogens is 4. The summed E-state index contributed by atoms with van der Waals surface area (Å²) in [6.45, 7) is 0.442. The van der Waals surface area contributed by atoms with Crippen LogP contribution in [0.15, 0.2) is 91.0 Å². The molecule has 176 valence electrons. The molecule has 0 radical (unpaired) electrons. The molecule has 0 aliphatic carbocycles. The Balaban J connectivity index is 1.33. The van der Waals surface area contributed by atoms with E-state index in [0.717, 1.165) is 22.1 Å². The van der Waals surface area contributed by atoms with Gasteiger partial charge >= 0.3 is 0 Å². The van der Waals surface area contributed by atoms with Crippen molar-refractivity contribution in [2.75, 3.05) is 15.5 Å². The number of carbonyl (C=O) groups excluding carboxylic acids is 2. The summed E-state index contributed by atoms with van der Waals surface area (Å²) in [5.41, 5.74) is 3.63. The smallest absolute Gasteiger partial charge is 0.241 e. The molecule has 2 amide bonds. The third kappa shape index (κ3) is 3.92. The summed E-state index contributed by atoms with van der Waals surface area (Å²) in [6, 6.07) is 28.8. The molecule has 0 saturated carbocycles. The zero-order chi connectivity index (χ0) is 24.5. The fourth-order valence-electron chi connectivity index (χ4n) is 4.39. The van der Waals surface area contributed by atoms with Crippen LogP contribution in [0, 0.1) is 0 Å². The average Bonchev–Trinajstić information content (AvgIpc) is 3.33. The van der Waals surface area contributed by atoms with E-state index in [0.29, 0.717) is 29.4 Å². The molecule has 0 fully saturated rings. The third-order valence-electron chi connectivity index (χ3n) is 6.08. The summed E-state index contributed by atoms with van der Waals surface area (Å²) in [4.78, 5) is 27.2. The quantitative estimate of drug-likeness (QED) is 0.364. The monoisotopic (exact) mass is 475 g/mol. The topological polar surface area (TPSA) is 105 Å². The van der Waals surface area contributed by atoms with Crippen LogP contribution in [0.1, 0.15) is 12.2 Å².